The number of hydrogen-bond acceptors (Lipinski definition) is 3. The zero-order valence-electron chi connectivity index (χ0n) is 11.4. The van der Waals surface area contributed by atoms with Crippen molar-refractivity contribution < 1.29 is 4.79 Å². The molecule has 0 radical (unpaired) electrons. The number of nitrogens with one attached hydrogen (secondary N) is 1. The zero-order chi connectivity index (χ0) is 13.4. The summed E-state index contributed by atoms with van der Waals surface area (Å²) in [6.45, 7) is 2.08. The predicted molar refractivity (Wildman–Crippen MR) is 76.1 cm³/mol. The molecule has 2 aliphatic rings. The molecular formula is C15H21N3O. The van der Waals surface area contributed by atoms with E-state index in [-0.39, 0.29) is 11.9 Å². The SMILES string of the molecule is CN1C(=O)CCc2cc(C(N)C3CCNC3)ccc21. The number of fused-ring (bicyclic) bond motifs is 1. The number of rotatable bonds is 2. The maximum atomic E-state index is 11.7. The average molecular weight is 259 g/mol. The Balaban J connectivity index is 1.87. The van der Waals surface area contributed by atoms with E-state index in [1.807, 2.05) is 13.1 Å². The predicted octanol–water partition coefficient (Wildman–Crippen LogP) is 1.20. The molecule has 3 N–H and O–H groups in total. The van der Waals surface area contributed by atoms with Crippen molar-refractivity contribution in [2.24, 2.45) is 11.7 Å². The van der Waals surface area contributed by atoms with Gasteiger partial charge in [-0.1, -0.05) is 12.1 Å². The Kier molecular flexibility index (Phi) is 3.29. The molecule has 0 aliphatic carbocycles. The first kappa shape index (κ1) is 12.6. The van der Waals surface area contributed by atoms with Crippen molar-refractivity contribution in [1.29, 1.82) is 0 Å². The van der Waals surface area contributed by atoms with Crippen molar-refractivity contribution in [2.45, 2.75) is 25.3 Å². The standard InChI is InChI=1S/C15H21N3O/c1-18-13-4-2-11(8-10(13)3-5-14(18)19)15(16)12-6-7-17-9-12/h2,4,8,12,15,17H,3,5-7,9,16H2,1H3. The molecule has 1 amide bonds. The molecule has 2 atom stereocenters. The minimum Gasteiger partial charge on any atom is -0.324 e. The summed E-state index contributed by atoms with van der Waals surface area (Å²) in [7, 11) is 1.85. The quantitative estimate of drug-likeness (QED) is 0.839. The van der Waals surface area contributed by atoms with E-state index in [1.165, 1.54) is 11.1 Å². The summed E-state index contributed by atoms with van der Waals surface area (Å²) in [5.41, 5.74) is 9.87. The molecule has 1 aromatic carbocycles. The lowest BCUT2D eigenvalue weighted by molar-refractivity contribution is -0.118. The topological polar surface area (TPSA) is 58.4 Å². The Hall–Kier alpha value is -1.39. The molecule has 4 nitrogen and oxygen atoms in total. The Labute approximate surface area is 114 Å². The second-order valence-corrected chi connectivity index (χ2v) is 5.62. The zero-order valence-corrected chi connectivity index (χ0v) is 11.4. The normalized spacial score (nSPS) is 24.4. The van der Waals surface area contributed by atoms with Gasteiger partial charge in [0.15, 0.2) is 0 Å². The summed E-state index contributed by atoms with van der Waals surface area (Å²) in [5, 5.41) is 3.37. The van der Waals surface area contributed by atoms with Gasteiger partial charge in [0.05, 0.1) is 0 Å². The molecule has 102 valence electrons. The van der Waals surface area contributed by atoms with Gasteiger partial charge in [0, 0.05) is 25.2 Å². The number of hydrogen-bond donors (Lipinski definition) is 2. The second kappa shape index (κ2) is 4.94. The maximum absolute atomic E-state index is 11.7. The van der Waals surface area contributed by atoms with Gasteiger partial charge in [-0.05, 0) is 49.0 Å². The highest BCUT2D eigenvalue weighted by Crippen LogP contribution is 2.31. The number of anilines is 1. The van der Waals surface area contributed by atoms with Gasteiger partial charge >= 0.3 is 0 Å². The van der Waals surface area contributed by atoms with Gasteiger partial charge in [0.2, 0.25) is 5.91 Å². The van der Waals surface area contributed by atoms with E-state index in [1.54, 1.807) is 4.90 Å². The molecule has 1 saturated heterocycles. The molecule has 0 saturated carbocycles. The number of carbonyl (C=O) groups excluding carboxylic acids is 1. The molecule has 0 aromatic heterocycles. The number of nitrogens with zero attached hydrogens (tertiary/aromatic N) is 1. The summed E-state index contributed by atoms with van der Waals surface area (Å²) >= 11 is 0. The minimum atomic E-state index is 0.100. The third kappa shape index (κ3) is 2.26. The van der Waals surface area contributed by atoms with Crippen LogP contribution in [-0.4, -0.2) is 26.0 Å². The monoisotopic (exact) mass is 259 g/mol. The Bertz CT molecular complexity index is 494. The lowest BCUT2D eigenvalue weighted by Gasteiger charge is -2.27. The number of amides is 1. The van der Waals surface area contributed by atoms with Crippen molar-refractivity contribution in [1.82, 2.24) is 5.32 Å². The molecule has 3 rings (SSSR count). The smallest absolute Gasteiger partial charge is 0.227 e. The number of aryl methyl sites for hydroxylation is 1. The van der Waals surface area contributed by atoms with Crippen molar-refractivity contribution in [3.63, 3.8) is 0 Å². The Morgan fingerprint density at radius 3 is 3.00 bits per heavy atom. The number of carbonyl (C=O) groups is 1. The van der Waals surface area contributed by atoms with E-state index in [9.17, 15) is 4.79 Å². The van der Waals surface area contributed by atoms with E-state index in [4.69, 9.17) is 5.73 Å². The molecule has 0 spiro atoms. The van der Waals surface area contributed by atoms with Crippen LogP contribution in [0.1, 0.15) is 30.0 Å². The van der Waals surface area contributed by atoms with Crippen LogP contribution < -0.4 is 16.0 Å². The van der Waals surface area contributed by atoms with Gasteiger partial charge in [-0.2, -0.15) is 0 Å². The lowest BCUT2D eigenvalue weighted by Crippen LogP contribution is -2.31. The van der Waals surface area contributed by atoms with Crippen LogP contribution in [0.4, 0.5) is 5.69 Å². The largest absolute Gasteiger partial charge is 0.324 e. The van der Waals surface area contributed by atoms with Crippen LogP contribution in [0.15, 0.2) is 18.2 Å². The van der Waals surface area contributed by atoms with Crippen LogP contribution >= 0.6 is 0 Å². The van der Waals surface area contributed by atoms with Crippen LogP contribution in [0.2, 0.25) is 0 Å². The molecule has 4 heteroatoms. The number of benzene rings is 1. The highest BCUT2D eigenvalue weighted by molar-refractivity contribution is 5.95. The van der Waals surface area contributed by atoms with Gasteiger partial charge in [0.1, 0.15) is 0 Å². The van der Waals surface area contributed by atoms with E-state index < -0.39 is 0 Å². The molecule has 1 aromatic rings. The van der Waals surface area contributed by atoms with Crippen LogP contribution in [-0.2, 0) is 11.2 Å². The third-order valence-corrected chi connectivity index (χ3v) is 4.44. The van der Waals surface area contributed by atoms with E-state index in [0.29, 0.717) is 12.3 Å². The van der Waals surface area contributed by atoms with E-state index >= 15 is 0 Å². The molecule has 0 bridgehead atoms. The summed E-state index contributed by atoms with van der Waals surface area (Å²) < 4.78 is 0. The van der Waals surface area contributed by atoms with Gasteiger partial charge in [-0.15, -0.1) is 0 Å². The fourth-order valence-electron chi connectivity index (χ4n) is 3.14. The molecule has 2 unspecified atom stereocenters. The third-order valence-electron chi connectivity index (χ3n) is 4.44. The summed E-state index contributed by atoms with van der Waals surface area (Å²) in [4.78, 5) is 13.4. The fraction of sp³-hybridized carbons (Fsp3) is 0.533. The Morgan fingerprint density at radius 1 is 1.42 bits per heavy atom. The van der Waals surface area contributed by atoms with Gasteiger partial charge in [-0.25, -0.2) is 0 Å². The molecule has 1 fully saturated rings. The van der Waals surface area contributed by atoms with Crippen LogP contribution in [0.25, 0.3) is 0 Å². The van der Waals surface area contributed by atoms with Gasteiger partial charge in [-0.3, -0.25) is 4.79 Å². The van der Waals surface area contributed by atoms with Gasteiger partial charge in [0.25, 0.3) is 0 Å². The first-order valence-corrected chi connectivity index (χ1v) is 7.02. The van der Waals surface area contributed by atoms with E-state index in [0.717, 1.165) is 31.6 Å². The van der Waals surface area contributed by atoms with Crippen LogP contribution in [0, 0.1) is 5.92 Å². The van der Waals surface area contributed by atoms with Crippen molar-refractivity contribution in [3.05, 3.63) is 29.3 Å². The fourth-order valence-corrected chi connectivity index (χ4v) is 3.14. The highest BCUT2D eigenvalue weighted by Gasteiger charge is 2.25. The molecular weight excluding hydrogens is 238 g/mol. The van der Waals surface area contributed by atoms with Crippen LogP contribution in [0.5, 0.6) is 0 Å². The van der Waals surface area contributed by atoms with E-state index in [2.05, 4.69) is 17.4 Å². The van der Waals surface area contributed by atoms with Crippen LogP contribution in [0.3, 0.4) is 0 Å². The molecule has 19 heavy (non-hydrogen) atoms. The van der Waals surface area contributed by atoms with Crippen molar-refractivity contribution >= 4 is 11.6 Å². The first-order valence-electron chi connectivity index (χ1n) is 7.02. The Morgan fingerprint density at radius 2 is 2.26 bits per heavy atom. The lowest BCUT2D eigenvalue weighted by atomic mass is 9.90. The molecule has 2 aliphatic heterocycles. The van der Waals surface area contributed by atoms with Crippen molar-refractivity contribution in [3.8, 4) is 0 Å². The van der Waals surface area contributed by atoms with Gasteiger partial charge < -0.3 is 16.0 Å². The molecule has 2 heterocycles. The summed E-state index contributed by atoms with van der Waals surface area (Å²) in [6.07, 6.45) is 2.59. The maximum Gasteiger partial charge on any atom is 0.227 e. The average Bonchev–Trinajstić information content (AvgIpc) is 2.96. The van der Waals surface area contributed by atoms with Crippen molar-refractivity contribution in [2.75, 3.05) is 25.0 Å². The first-order chi connectivity index (χ1) is 9.16. The number of nitrogens with two attached hydrogens (primary N) is 1. The second-order valence-electron chi connectivity index (χ2n) is 5.62. The summed E-state index contributed by atoms with van der Waals surface area (Å²) in [6, 6.07) is 6.42. The highest BCUT2D eigenvalue weighted by atomic mass is 16.2. The summed E-state index contributed by atoms with van der Waals surface area (Å²) in [5.74, 6) is 0.727. The minimum absolute atomic E-state index is 0.100.